The van der Waals surface area contributed by atoms with Gasteiger partial charge in [0.05, 0.1) is 11.4 Å². The fraction of sp³-hybridized carbons (Fsp3) is 0.188. The Bertz CT molecular complexity index is 1770. The zero-order chi connectivity index (χ0) is 25.7. The summed E-state index contributed by atoms with van der Waals surface area (Å²) in [5, 5.41) is 6.88. The Morgan fingerprint density at radius 3 is 2.42 bits per heavy atom. The van der Waals surface area contributed by atoms with E-state index in [-0.39, 0.29) is 26.5 Å². The van der Waals surface area contributed by atoms with E-state index in [9.17, 15) is 0 Å². The third kappa shape index (κ3) is 4.67. The molecule has 6 heteroatoms. The maximum atomic E-state index is 6.33. The Kier molecular flexibility index (Phi) is 6.75. The van der Waals surface area contributed by atoms with Gasteiger partial charge in [-0.2, -0.15) is 11.2 Å². The van der Waals surface area contributed by atoms with Crippen LogP contribution in [0.4, 0.5) is 0 Å². The summed E-state index contributed by atoms with van der Waals surface area (Å²) < 4.78 is 10.4. The Balaban J connectivity index is 0.00000294. The van der Waals surface area contributed by atoms with Crippen LogP contribution in [0.2, 0.25) is 0 Å². The Morgan fingerprint density at radius 2 is 1.66 bits per heavy atom. The van der Waals surface area contributed by atoms with E-state index in [1.165, 1.54) is 5.56 Å². The van der Waals surface area contributed by atoms with Gasteiger partial charge in [0.1, 0.15) is 11.6 Å². The number of pyridine rings is 1. The van der Waals surface area contributed by atoms with Crippen LogP contribution in [0.15, 0.2) is 85.1 Å². The van der Waals surface area contributed by atoms with E-state index in [0.717, 1.165) is 50.4 Å². The van der Waals surface area contributed by atoms with Gasteiger partial charge in [0.15, 0.2) is 0 Å². The molecule has 5 nitrogen and oxygen atoms in total. The van der Waals surface area contributed by atoms with Crippen molar-refractivity contribution in [2.75, 3.05) is 0 Å². The Hall–Kier alpha value is -3.69. The molecule has 0 atom stereocenters. The molecule has 3 aromatic heterocycles. The topological polar surface area (TPSA) is 44.9 Å². The second-order valence-electron chi connectivity index (χ2n) is 10.5. The van der Waals surface area contributed by atoms with E-state index in [4.69, 9.17) is 9.72 Å². The molecule has 0 N–H and O–H groups in total. The van der Waals surface area contributed by atoms with Crippen molar-refractivity contribution in [1.82, 2.24) is 19.3 Å². The molecule has 38 heavy (non-hydrogen) atoms. The number of fused-ring (bicyclic) bond motifs is 3. The third-order valence-corrected chi connectivity index (χ3v) is 6.70. The van der Waals surface area contributed by atoms with Crippen LogP contribution in [-0.2, 0) is 26.5 Å². The van der Waals surface area contributed by atoms with Gasteiger partial charge in [0.2, 0.25) is 0 Å². The number of para-hydroxylation sites is 1. The first-order valence-corrected chi connectivity index (χ1v) is 12.5. The maximum absolute atomic E-state index is 6.33. The molecule has 0 bridgehead atoms. The molecule has 194 valence electrons. The van der Waals surface area contributed by atoms with Crippen LogP contribution >= 0.6 is 0 Å². The second kappa shape index (κ2) is 9.88. The standard InChI is InChI=1S/C32H29N4O.Pt/c1-21-17-22(2)36(34-21)24-9-8-10-25(19-24)37-26-13-14-28-27-11-6-7-12-29(27)35(30(28)20-26)31-18-23(15-16-33-31)32(3,4)5;/h6-19H,1-5H3;/q-1;. The van der Waals surface area contributed by atoms with E-state index >= 15 is 0 Å². The SMILES string of the molecule is Cc1cc(C)n(-c2cccc(Oc3[c-]c4c(cc3)c3ccccc3n4-c3cc(C(C)(C)C)ccn3)c2)n1.[Pt]. The summed E-state index contributed by atoms with van der Waals surface area (Å²) in [6.45, 7) is 10.7. The van der Waals surface area contributed by atoms with Crippen molar-refractivity contribution in [3.63, 3.8) is 0 Å². The number of hydrogen-bond donors (Lipinski definition) is 0. The van der Waals surface area contributed by atoms with Gasteiger partial charge >= 0.3 is 0 Å². The van der Waals surface area contributed by atoms with E-state index in [1.807, 2.05) is 48.1 Å². The summed E-state index contributed by atoms with van der Waals surface area (Å²) in [5.74, 6) is 2.25. The summed E-state index contributed by atoms with van der Waals surface area (Å²) in [7, 11) is 0. The molecule has 0 amide bonds. The summed E-state index contributed by atoms with van der Waals surface area (Å²) in [6.07, 6.45) is 1.89. The average Bonchev–Trinajstić information content (AvgIpc) is 3.39. The van der Waals surface area contributed by atoms with Gasteiger partial charge in [-0.3, -0.25) is 0 Å². The quantitative estimate of drug-likeness (QED) is 0.178. The van der Waals surface area contributed by atoms with E-state index < -0.39 is 0 Å². The van der Waals surface area contributed by atoms with Crippen molar-refractivity contribution in [2.24, 2.45) is 0 Å². The smallest absolute Gasteiger partial charge is 0.135 e. The van der Waals surface area contributed by atoms with Gasteiger partial charge in [0.25, 0.3) is 0 Å². The minimum Gasteiger partial charge on any atom is -0.483 e. The normalized spacial score (nSPS) is 11.6. The molecule has 0 saturated heterocycles. The number of nitrogens with zero attached hydrogens (tertiary/aromatic N) is 4. The third-order valence-electron chi connectivity index (χ3n) is 6.70. The molecule has 0 fully saturated rings. The van der Waals surface area contributed by atoms with Crippen LogP contribution in [0.1, 0.15) is 37.7 Å². The first-order valence-electron chi connectivity index (χ1n) is 12.5. The average molecular weight is 681 g/mol. The number of rotatable bonds is 4. The predicted octanol–water partition coefficient (Wildman–Crippen LogP) is 7.87. The van der Waals surface area contributed by atoms with E-state index in [2.05, 4.69) is 92.0 Å². The molecular formula is C32H29N4OPt-. The van der Waals surface area contributed by atoms with Crippen molar-refractivity contribution < 1.29 is 25.8 Å². The van der Waals surface area contributed by atoms with Crippen LogP contribution in [-0.4, -0.2) is 19.3 Å². The monoisotopic (exact) mass is 680 g/mol. The van der Waals surface area contributed by atoms with Crippen molar-refractivity contribution in [3.8, 4) is 23.0 Å². The molecule has 0 aliphatic rings. The summed E-state index contributed by atoms with van der Waals surface area (Å²) in [6, 6.07) is 30.3. The molecule has 0 aliphatic carbocycles. The number of aromatic nitrogens is 4. The zero-order valence-electron chi connectivity index (χ0n) is 22.1. The molecular weight excluding hydrogens is 651 g/mol. The summed E-state index contributed by atoms with van der Waals surface area (Å²) >= 11 is 0. The van der Waals surface area contributed by atoms with Crippen LogP contribution in [0.5, 0.6) is 11.5 Å². The fourth-order valence-corrected chi connectivity index (χ4v) is 4.87. The van der Waals surface area contributed by atoms with Crippen LogP contribution in [0, 0.1) is 19.9 Å². The number of benzene rings is 3. The van der Waals surface area contributed by atoms with Crippen molar-refractivity contribution in [1.29, 1.82) is 0 Å². The molecule has 3 aromatic carbocycles. The first kappa shape index (κ1) is 25.9. The second-order valence-corrected chi connectivity index (χ2v) is 10.5. The van der Waals surface area contributed by atoms with Gasteiger partial charge in [0, 0.05) is 50.3 Å². The molecule has 0 radical (unpaired) electrons. The van der Waals surface area contributed by atoms with Crippen molar-refractivity contribution >= 4 is 21.8 Å². The molecule has 3 heterocycles. The summed E-state index contributed by atoms with van der Waals surface area (Å²) in [4.78, 5) is 4.76. The van der Waals surface area contributed by atoms with Crippen LogP contribution < -0.4 is 4.74 Å². The van der Waals surface area contributed by atoms with Gasteiger partial charge in [-0.25, -0.2) is 9.67 Å². The van der Waals surface area contributed by atoms with Crippen LogP contribution in [0.3, 0.4) is 0 Å². The molecule has 6 rings (SSSR count). The largest absolute Gasteiger partial charge is 0.483 e. The van der Waals surface area contributed by atoms with Crippen LogP contribution in [0.25, 0.3) is 33.3 Å². The minimum atomic E-state index is 0. The number of hydrogen-bond acceptors (Lipinski definition) is 3. The molecule has 0 saturated carbocycles. The maximum Gasteiger partial charge on any atom is 0.135 e. The zero-order valence-corrected chi connectivity index (χ0v) is 24.4. The Labute approximate surface area is 237 Å². The van der Waals surface area contributed by atoms with Gasteiger partial charge in [-0.1, -0.05) is 50.6 Å². The first-order chi connectivity index (χ1) is 17.8. The molecule has 0 unspecified atom stereocenters. The number of ether oxygens (including phenoxy) is 1. The number of aryl methyl sites for hydroxylation is 2. The van der Waals surface area contributed by atoms with Gasteiger partial charge < -0.3 is 9.30 Å². The fourth-order valence-electron chi connectivity index (χ4n) is 4.87. The van der Waals surface area contributed by atoms with Crippen molar-refractivity contribution in [3.05, 3.63) is 108 Å². The van der Waals surface area contributed by atoms with E-state index in [1.54, 1.807) is 0 Å². The van der Waals surface area contributed by atoms with Crippen molar-refractivity contribution in [2.45, 2.75) is 40.0 Å². The molecule has 0 aliphatic heterocycles. The van der Waals surface area contributed by atoms with E-state index in [0.29, 0.717) is 5.75 Å². The Morgan fingerprint density at radius 1 is 0.842 bits per heavy atom. The van der Waals surface area contributed by atoms with Gasteiger partial charge in [-0.05, 0) is 66.6 Å². The predicted molar refractivity (Wildman–Crippen MR) is 149 cm³/mol. The molecule has 0 spiro atoms. The summed E-state index contributed by atoms with van der Waals surface area (Å²) in [5.41, 5.74) is 6.31. The molecule has 6 aromatic rings. The van der Waals surface area contributed by atoms with Gasteiger partial charge in [-0.15, -0.1) is 17.5 Å². The minimum absolute atomic E-state index is 0.